The molecule has 0 aromatic heterocycles. The van der Waals surface area contributed by atoms with Crippen LogP contribution in [0.2, 0.25) is 0 Å². The summed E-state index contributed by atoms with van der Waals surface area (Å²) in [6, 6.07) is 3.59. The predicted molar refractivity (Wildman–Crippen MR) is 55.9 cm³/mol. The zero-order chi connectivity index (χ0) is 10.7. The van der Waals surface area contributed by atoms with Gasteiger partial charge < -0.3 is 10.1 Å². The summed E-state index contributed by atoms with van der Waals surface area (Å²) < 4.78 is 5.16. The van der Waals surface area contributed by atoms with Gasteiger partial charge in [0.1, 0.15) is 5.75 Å². The molecule has 14 heavy (non-hydrogen) atoms. The van der Waals surface area contributed by atoms with Crippen LogP contribution in [-0.2, 0) is 0 Å². The van der Waals surface area contributed by atoms with E-state index in [0.717, 1.165) is 16.9 Å². The Morgan fingerprint density at radius 1 is 1.29 bits per heavy atom. The van der Waals surface area contributed by atoms with Crippen molar-refractivity contribution in [3.05, 3.63) is 28.8 Å². The molecule has 0 unspecified atom stereocenters. The molecule has 0 fully saturated rings. The molecular formula is C11H15NO2. The van der Waals surface area contributed by atoms with Gasteiger partial charge in [-0.25, -0.2) is 0 Å². The molecule has 76 valence electrons. The molecule has 0 aliphatic heterocycles. The van der Waals surface area contributed by atoms with Gasteiger partial charge in [-0.2, -0.15) is 0 Å². The summed E-state index contributed by atoms with van der Waals surface area (Å²) in [6.07, 6.45) is 0. The number of hydrogen-bond acceptors (Lipinski definition) is 2. The van der Waals surface area contributed by atoms with E-state index in [1.807, 2.05) is 19.9 Å². The standard InChI is InChI=1S/C11H15NO2/c1-7-8(2)10(14-4)6-5-9(7)11(13)12-3/h5-6H,1-4H3,(H,12,13). The van der Waals surface area contributed by atoms with E-state index < -0.39 is 0 Å². The average Bonchev–Trinajstić information content (AvgIpc) is 2.21. The Morgan fingerprint density at radius 3 is 2.43 bits per heavy atom. The Hall–Kier alpha value is -1.51. The number of methoxy groups -OCH3 is 1. The number of amides is 1. The minimum Gasteiger partial charge on any atom is -0.496 e. The van der Waals surface area contributed by atoms with Crippen LogP contribution in [0, 0.1) is 13.8 Å². The highest BCUT2D eigenvalue weighted by atomic mass is 16.5. The lowest BCUT2D eigenvalue weighted by molar-refractivity contribution is 0.0962. The van der Waals surface area contributed by atoms with Crippen molar-refractivity contribution in [1.29, 1.82) is 0 Å². The van der Waals surface area contributed by atoms with Crippen LogP contribution in [0.1, 0.15) is 21.5 Å². The zero-order valence-corrected chi connectivity index (χ0v) is 8.97. The summed E-state index contributed by atoms with van der Waals surface area (Å²) in [5.41, 5.74) is 2.67. The van der Waals surface area contributed by atoms with Crippen molar-refractivity contribution in [1.82, 2.24) is 5.32 Å². The van der Waals surface area contributed by atoms with Crippen LogP contribution in [0.25, 0.3) is 0 Å². The van der Waals surface area contributed by atoms with Gasteiger partial charge in [0.2, 0.25) is 0 Å². The van der Waals surface area contributed by atoms with Gasteiger partial charge in [-0.05, 0) is 37.1 Å². The highest BCUT2D eigenvalue weighted by Gasteiger charge is 2.11. The van der Waals surface area contributed by atoms with Gasteiger partial charge >= 0.3 is 0 Å². The largest absolute Gasteiger partial charge is 0.496 e. The van der Waals surface area contributed by atoms with Gasteiger partial charge in [-0.3, -0.25) is 4.79 Å². The second-order valence-corrected chi connectivity index (χ2v) is 3.14. The highest BCUT2D eigenvalue weighted by Crippen LogP contribution is 2.23. The fourth-order valence-corrected chi connectivity index (χ4v) is 1.40. The molecule has 0 aliphatic rings. The maximum Gasteiger partial charge on any atom is 0.251 e. The number of benzene rings is 1. The lowest BCUT2D eigenvalue weighted by Gasteiger charge is -2.11. The second-order valence-electron chi connectivity index (χ2n) is 3.14. The van der Waals surface area contributed by atoms with Crippen LogP contribution in [0.4, 0.5) is 0 Å². The van der Waals surface area contributed by atoms with E-state index in [9.17, 15) is 4.79 Å². The van der Waals surface area contributed by atoms with Crippen molar-refractivity contribution in [2.24, 2.45) is 0 Å². The minimum absolute atomic E-state index is 0.0618. The first kappa shape index (κ1) is 10.6. The number of nitrogens with one attached hydrogen (secondary N) is 1. The topological polar surface area (TPSA) is 38.3 Å². The van der Waals surface area contributed by atoms with Gasteiger partial charge in [0.05, 0.1) is 7.11 Å². The monoisotopic (exact) mass is 193 g/mol. The van der Waals surface area contributed by atoms with Crippen molar-refractivity contribution in [2.75, 3.05) is 14.2 Å². The smallest absolute Gasteiger partial charge is 0.251 e. The van der Waals surface area contributed by atoms with E-state index >= 15 is 0 Å². The Balaban J connectivity index is 3.24. The van der Waals surface area contributed by atoms with E-state index in [2.05, 4.69) is 5.32 Å². The first-order valence-corrected chi connectivity index (χ1v) is 4.48. The van der Waals surface area contributed by atoms with Gasteiger partial charge in [0.15, 0.2) is 0 Å². The van der Waals surface area contributed by atoms with E-state index in [-0.39, 0.29) is 5.91 Å². The molecule has 1 N–H and O–H groups in total. The van der Waals surface area contributed by atoms with E-state index in [1.54, 1.807) is 20.2 Å². The van der Waals surface area contributed by atoms with Crippen LogP contribution < -0.4 is 10.1 Å². The average molecular weight is 193 g/mol. The van der Waals surface area contributed by atoms with Crippen LogP contribution >= 0.6 is 0 Å². The van der Waals surface area contributed by atoms with Crippen molar-refractivity contribution in [3.8, 4) is 5.75 Å². The molecule has 3 nitrogen and oxygen atoms in total. The molecule has 0 saturated carbocycles. The van der Waals surface area contributed by atoms with Crippen molar-refractivity contribution < 1.29 is 9.53 Å². The molecule has 0 saturated heterocycles. The molecule has 1 aromatic rings. The molecule has 0 spiro atoms. The highest BCUT2D eigenvalue weighted by molar-refractivity contribution is 5.96. The molecule has 0 aliphatic carbocycles. The van der Waals surface area contributed by atoms with E-state index in [4.69, 9.17) is 4.74 Å². The fourth-order valence-electron chi connectivity index (χ4n) is 1.40. The second kappa shape index (κ2) is 4.13. The van der Waals surface area contributed by atoms with Gasteiger partial charge in [-0.1, -0.05) is 0 Å². The summed E-state index contributed by atoms with van der Waals surface area (Å²) in [6.45, 7) is 3.86. The fraction of sp³-hybridized carbons (Fsp3) is 0.364. The van der Waals surface area contributed by atoms with Gasteiger partial charge in [0.25, 0.3) is 5.91 Å². The van der Waals surface area contributed by atoms with Gasteiger partial charge in [0, 0.05) is 12.6 Å². The molecule has 1 rings (SSSR count). The molecular weight excluding hydrogens is 178 g/mol. The quantitative estimate of drug-likeness (QED) is 0.776. The summed E-state index contributed by atoms with van der Waals surface area (Å²) in [5.74, 6) is 0.753. The third-order valence-corrected chi connectivity index (χ3v) is 2.43. The maximum atomic E-state index is 11.4. The molecule has 1 amide bonds. The van der Waals surface area contributed by atoms with E-state index in [1.165, 1.54) is 0 Å². The van der Waals surface area contributed by atoms with Crippen LogP contribution in [0.15, 0.2) is 12.1 Å². The molecule has 0 heterocycles. The number of hydrogen-bond donors (Lipinski definition) is 1. The SMILES string of the molecule is CNC(=O)c1ccc(OC)c(C)c1C. The first-order valence-electron chi connectivity index (χ1n) is 4.48. The molecule has 3 heteroatoms. The van der Waals surface area contributed by atoms with Crippen LogP contribution in [-0.4, -0.2) is 20.1 Å². The molecule has 0 radical (unpaired) electrons. The normalized spacial score (nSPS) is 9.71. The Labute approximate surface area is 84.1 Å². The van der Waals surface area contributed by atoms with Crippen LogP contribution in [0.5, 0.6) is 5.75 Å². The molecule has 0 bridgehead atoms. The van der Waals surface area contributed by atoms with E-state index in [0.29, 0.717) is 5.56 Å². The Kier molecular flexibility index (Phi) is 3.12. The first-order chi connectivity index (χ1) is 6.61. The Bertz CT molecular complexity index is 359. The number of ether oxygens (including phenoxy) is 1. The predicted octanol–water partition coefficient (Wildman–Crippen LogP) is 1.67. The molecule has 0 atom stereocenters. The number of rotatable bonds is 2. The Morgan fingerprint density at radius 2 is 1.93 bits per heavy atom. The van der Waals surface area contributed by atoms with Crippen molar-refractivity contribution in [3.63, 3.8) is 0 Å². The summed E-state index contributed by atoms with van der Waals surface area (Å²) >= 11 is 0. The minimum atomic E-state index is -0.0618. The summed E-state index contributed by atoms with van der Waals surface area (Å²) in [5, 5.41) is 2.61. The van der Waals surface area contributed by atoms with Crippen molar-refractivity contribution in [2.45, 2.75) is 13.8 Å². The van der Waals surface area contributed by atoms with Gasteiger partial charge in [-0.15, -0.1) is 0 Å². The molecule has 1 aromatic carbocycles. The third-order valence-electron chi connectivity index (χ3n) is 2.43. The zero-order valence-electron chi connectivity index (χ0n) is 8.97. The summed E-state index contributed by atoms with van der Waals surface area (Å²) in [4.78, 5) is 11.4. The number of carbonyl (C=O) groups is 1. The summed E-state index contributed by atoms with van der Waals surface area (Å²) in [7, 11) is 3.25. The third kappa shape index (κ3) is 1.71. The maximum absolute atomic E-state index is 11.4. The lowest BCUT2D eigenvalue weighted by Crippen LogP contribution is -2.19. The van der Waals surface area contributed by atoms with Crippen molar-refractivity contribution >= 4 is 5.91 Å². The number of carbonyl (C=O) groups excluding carboxylic acids is 1. The lowest BCUT2D eigenvalue weighted by atomic mass is 10.0. The van der Waals surface area contributed by atoms with Crippen LogP contribution in [0.3, 0.4) is 0 Å².